The molecular weight excluding hydrogens is 469 g/mol. The molecule has 0 unspecified atom stereocenters. The molecule has 0 nitrogen and oxygen atoms in total. The van der Waals surface area contributed by atoms with Crippen molar-refractivity contribution >= 4 is 24.0 Å². The first-order valence-electron chi connectivity index (χ1n) is 10.2. The Kier molecular flexibility index (Phi) is 11.3. The second-order valence-corrected chi connectivity index (χ2v) is 11.0. The first kappa shape index (κ1) is 25.8. The van der Waals surface area contributed by atoms with E-state index in [1.807, 2.05) is 0 Å². The number of aryl methyl sites for hydroxylation is 2. The molecule has 0 bridgehead atoms. The van der Waals surface area contributed by atoms with Crippen LogP contribution in [-0.4, -0.2) is 11.3 Å². The summed E-state index contributed by atoms with van der Waals surface area (Å²) in [6.07, 6.45) is 14.9. The Labute approximate surface area is 198 Å². The summed E-state index contributed by atoms with van der Waals surface area (Å²) in [4.78, 5) is 0. The predicted molar refractivity (Wildman–Crippen MR) is 109 cm³/mol. The quantitative estimate of drug-likeness (QED) is 0.434. The standard InChI is InChI=1S/C23H32P.2ClH.Zr/c1-17-13-14-18(2)23-16-21(15-22(17)23)24(19-9-5-3-6-10-19)20-11-7-4-8-12-20;;;/h13-16,19-20H,3-12H2,1-2H3;2*1H;/q-1;;;+3/p-2. The van der Waals surface area contributed by atoms with Gasteiger partial charge < -0.3 is 24.8 Å². The van der Waals surface area contributed by atoms with Crippen molar-refractivity contribution in [2.24, 2.45) is 0 Å². The van der Waals surface area contributed by atoms with E-state index in [1.165, 1.54) is 86.1 Å². The summed E-state index contributed by atoms with van der Waals surface area (Å²) in [6.45, 7) is 4.57. The Balaban J connectivity index is 0.00000121. The maximum atomic E-state index is 2.60. The summed E-state index contributed by atoms with van der Waals surface area (Å²) in [5.41, 5.74) is 4.94. The van der Waals surface area contributed by atoms with Crippen molar-refractivity contribution in [2.45, 2.75) is 89.4 Å². The van der Waals surface area contributed by atoms with Crippen LogP contribution in [0.25, 0.3) is 10.8 Å². The van der Waals surface area contributed by atoms with Crippen LogP contribution < -0.4 is 30.1 Å². The maximum absolute atomic E-state index is 2.60. The first-order chi connectivity index (χ1) is 11.7. The van der Waals surface area contributed by atoms with E-state index in [0.29, 0.717) is 0 Å². The molecule has 0 N–H and O–H groups in total. The summed E-state index contributed by atoms with van der Waals surface area (Å²) in [5, 5.41) is 4.81. The van der Waals surface area contributed by atoms with Crippen molar-refractivity contribution in [2.75, 3.05) is 0 Å². The van der Waals surface area contributed by atoms with Crippen LogP contribution in [0, 0.1) is 13.8 Å². The van der Waals surface area contributed by atoms with Crippen LogP contribution in [0.3, 0.4) is 0 Å². The minimum Gasteiger partial charge on any atom is -1.00 e. The van der Waals surface area contributed by atoms with Crippen molar-refractivity contribution in [1.29, 1.82) is 0 Å². The van der Waals surface area contributed by atoms with Crippen molar-refractivity contribution in [3.63, 3.8) is 0 Å². The van der Waals surface area contributed by atoms with Gasteiger partial charge in [0.15, 0.2) is 0 Å². The third-order valence-corrected chi connectivity index (χ3v) is 10.0. The van der Waals surface area contributed by atoms with Gasteiger partial charge in [-0.05, 0) is 43.9 Å². The zero-order chi connectivity index (χ0) is 16.5. The van der Waals surface area contributed by atoms with Crippen LogP contribution in [-0.2, 0) is 26.2 Å². The number of fused-ring (bicyclic) bond motifs is 1. The van der Waals surface area contributed by atoms with Gasteiger partial charge in [0, 0.05) is 0 Å². The first-order valence-corrected chi connectivity index (χ1v) is 11.7. The van der Waals surface area contributed by atoms with E-state index in [9.17, 15) is 0 Å². The second-order valence-electron chi connectivity index (χ2n) is 8.23. The second kappa shape index (κ2) is 11.8. The third-order valence-electron chi connectivity index (χ3n) is 6.54. The fraction of sp³-hybridized carbons (Fsp3) is 0.609. The van der Waals surface area contributed by atoms with Gasteiger partial charge in [0.25, 0.3) is 0 Å². The Morgan fingerprint density at radius 1 is 0.778 bits per heavy atom. The minimum atomic E-state index is 0. The molecule has 2 aliphatic carbocycles. The molecule has 2 saturated carbocycles. The monoisotopic (exact) mass is 499 g/mol. The molecule has 0 heterocycles. The van der Waals surface area contributed by atoms with Gasteiger partial charge in [-0.25, -0.2) is 0 Å². The largest absolute Gasteiger partial charge is 3.00 e. The number of rotatable bonds is 3. The van der Waals surface area contributed by atoms with Gasteiger partial charge in [0.2, 0.25) is 0 Å². The molecule has 1 radical (unpaired) electrons. The van der Waals surface area contributed by atoms with Crippen molar-refractivity contribution < 1.29 is 51.0 Å². The number of hydrogen-bond acceptors (Lipinski definition) is 0. The van der Waals surface area contributed by atoms with Crippen LogP contribution >= 0.6 is 7.92 Å². The summed E-state index contributed by atoms with van der Waals surface area (Å²) in [7, 11) is 0.0363. The summed E-state index contributed by atoms with van der Waals surface area (Å²) >= 11 is 0. The molecule has 2 aromatic rings. The molecular formula is C23H32Cl2PZr. The molecule has 27 heavy (non-hydrogen) atoms. The Morgan fingerprint density at radius 3 is 1.74 bits per heavy atom. The number of halogens is 2. The molecule has 147 valence electrons. The van der Waals surface area contributed by atoms with Gasteiger partial charge in [-0.1, -0.05) is 65.0 Å². The molecule has 4 rings (SSSR count). The smallest absolute Gasteiger partial charge is 1.00 e. The van der Waals surface area contributed by atoms with E-state index in [0.717, 1.165) is 11.3 Å². The maximum Gasteiger partial charge on any atom is 3.00 e. The Bertz CT molecular complexity index is 643. The average Bonchev–Trinajstić information content (AvgIpc) is 3.07. The topological polar surface area (TPSA) is 0 Å². The summed E-state index contributed by atoms with van der Waals surface area (Å²) in [5.74, 6) is 0. The zero-order valence-electron chi connectivity index (χ0n) is 16.7. The van der Waals surface area contributed by atoms with Gasteiger partial charge in [-0.2, -0.15) is 6.07 Å². The van der Waals surface area contributed by atoms with Crippen LogP contribution in [0.4, 0.5) is 0 Å². The van der Waals surface area contributed by atoms with Crippen molar-refractivity contribution in [1.82, 2.24) is 0 Å². The van der Waals surface area contributed by atoms with Gasteiger partial charge in [-0.3, -0.25) is 0 Å². The zero-order valence-corrected chi connectivity index (χ0v) is 21.6. The molecule has 0 atom stereocenters. The minimum absolute atomic E-state index is 0. The fourth-order valence-corrected chi connectivity index (χ4v) is 9.00. The van der Waals surface area contributed by atoms with Gasteiger partial charge in [-0.15, -0.1) is 33.8 Å². The molecule has 4 heteroatoms. The Hall–Kier alpha value is 0.723. The van der Waals surface area contributed by atoms with E-state index >= 15 is 0 Å². The van der Waals surface area contributed by atoms with Crippen LogP contribution in [0.2, 0.25) is 0 Å². The van der Waals surface area contributed by atoms with Crippen LogP contribution in [0.15, 0.2) is 24.3 Å². The van der Waals surface area contributed by atoms with E-state index in [1.54, 1.807) is 5.30 Å². The predicted octanol–water partition coefficient (Wildman–Crippen LogP) is 0.954. The van der Waals surface area contributed by atoms with Gasteiger partial charge in [0.05, 0.1) is 0 Å². The van der Waals surface area contributed by atoms with E-state index in [2.05, 4.69) is 38.1 Å². The SMILES string of the molecule is Cc1ccc(C)c2[cH-]c(P(C3CCCCC3)C3CCCCC3)cc12.[Cl-].[Cl-].[Zr+3]. The van der Waals surface area contributed by atoms with Crippen molar-refractivity contribution in [3.05, 3.63) is 35.4 Å². The fourth-order valence-electron chi connectivity index (χ4n) is 5.16. The molecule has 0 amide bonds. The molecule has 0 saturated heterocycles. The van der Waals surface area contributed by atoms with Gasteiger partial charge in [0.1, 0.15) is 0 Å². The molecule has 2 aromatic carbocycles. The average molecular weight is 502 g/mol. The number of hydrogen-bond donors (Lipinski definition) is 0. The van der Waals surface area contributed by atoms with E-state index < -0.39 is 0 Å². The third kappa shape index (κ3) is 5.66. The van der Waals surface area contributed by atoms with E-state index in [4.69, 9.17) is 0 Å². The molecule has 0 aromatic heterocycles. The normalized spacial score (nSPS) is 18.6. The Morgan fingerprint density at radius 2 is 1.26 bits per heavy atom. The molecule has 0 spiro atoms. The van der Waals surface area contributed by atoms with Crippen LogP contribution in [0.5, 0.6) is 0 Å². The van der Waals surface area contributed by atoms with Crippen LogP contribution in [0.1, 0.15) is 75.3 Å². The molecule has 0 aliphatic heterocycles. The summed E-state index contributed by atoms with van der Waals surface area (Å²) in [6, 6.07) is 9.83. The summed E-state index contributed by atoms with van der Waals surface area (Å²) < 4.78 is 0. The number of benzene rings is 1. The van der Waals surface area contributed by atoms with Crippen molar-refractivity contribution in [3.8, 4) is 0 Å². The molecule has 2 aliphatic rings. The van der Waals surface area contributed by atoms with Gasteiger partial charge >= 0.3 is 26.2 Å². The molecule has 2 fully saturated rings. The van der Waals surface area contributed by atoms with E-state index in [-0.39, 0.29) is 58.9 Å².